The van der Waals surface area contributed by atoms with Gasteiger partial charge in [-0.15, -0.1) is 0 Å². The van der Waals surface area contributed by atoms with Crippen LogP contribution in [0.4, 0.5) is 17.6 Å². The van der Waals surface area contributed by atoms with Gasteiger partial charge in [0.15, 0.2) is 6.61 Å². The number of halogens is 4. The third kappa shape index (κ3) is 6.07. The molecule has 1 saturated carbocycles. The first-order valence-electron chi connectivity index (χ1n) is 11.8. The first-order chi connectivity index (χ1) is 15.8. The molecule has 1 fully saturated rings. The molecule has 0 atom stereocenters. The van der Waals surface area contributed by atoms with Crippen molar-refractivity contribution in [1.82, 2.24) is 0 Å². The molecule has 0 saturated heterocycles. The number of rotatable bonds is 7. The molecule has 33 heavy (non-hydrogen) atoms. The first-order valence-corrected chi connectivity index (χ1v) is 11.8. The number of fused-ring (bicyclic) bond motifs is 1. The highest BCUT2D eigenvalue weighted by atomic mass is 19.4. The molecule has 1 nitrogen and oxygen atoms in total. The van der Waals surface area contributed by atoms with Gasteiger partial charge in [0.25, 0.3) is 0 Å². The summed E-state index contributed by atoms with van der Waals surface area (Å²) < 4.78 is 56.7. The molecular formula is C28H30F4O. The molecule has 0 aromatic heterocycles. The van der Waals surface area contributed by atoms with Crippen LogP contribution in [-0.4, -0.2) is 12.8 Å². The predicted octanol–water partition coefficient (Wildman–Crippen LogP) is 8.39. The van der Waals surface area contributed by atoms with E-state index in [1.165, 1.54) is 49.8 Å². The van der Waals surface area contributed by atoms with Crippen LogP contribution in [0.2, 0.25) is 0 Å². The number of benzene rings is 3. The van der Waals surface area contributed by atoms with Crippen LogP contribution in [0.1, 0.15) is 61.6 Å². The summed E-state index contributed by atoms with van der Waals surface area (Å²) in [6.45, 7) is 0.958. The van der Waals surface area contributed by atoms with E-state index in [1.807, 2.05) is 18.2 Å². The lowest BCUT2D eigenvalue weighted by molar-refractivity contribution is -0.153. The van der Waals surface area contributed by atoms with Crippen LogP contribution in [0.5, 0.6) is 5.75 Å². The fourth-order valence-corrected chi connectivity index (χ4v) is 4.90. The lowest BCUT2D eigenvalue weighted by Crippen LogP contribution is -2.19. The molecule has 1 aliphatic carbocycles. The Labute approximate surface area is 192 Å². The second kappa shape index (κ2) is 10.1. The highest BCUT2D eigenvalue weighted by Crippen LogP contribution is 2.38. The minimum Gasteiger partial charge on any atom is -0.484 e. The normalized spacial score (nSPS) is 19.1. The number of hydrogen-bond donors (Lipinski definition) is 0. The maximum atomic E-state index is 15.2. The van der Waals surface area contributed by atoms with E-state index in [0.29, 0.717) is 29.7 Å². The quantitative estimate of drug-likeness (QED) is 0.323. The number of alkyl halides is 3. The molecule has 5 heteroatoms. The highest BCUT2D eigenvalue weighted by Gasteiger charge is 2.28. The molecule has 0 N–H and O–H groups in total. The topological polar surface area (TPSA) is 9.23 Å². The van der Waals surface area contributed by atoms with Gasteiger partial charge < -0.3 is 4.74 Å². The summed E-state index contributed by atoms with van der Waals surface area (Å²) in [6, 6.07) is 16.5. The number of hydrogen-bond acceptors (Lipinski definition) is 1. The van der Waals surface area contributed by atoms with Crippen molar-refractivity contribution in [2.45, 2.75) is 64.0 Å². The molecule has 176 valence electrons. The van der Waals surface area contributed by atoms with Gasteiger partial charge >= 0.3 is 6.18 Å². The Morgan fingerprint density at radius 3 is 2.27 bits per heavy atom. The van der Waals surface area contributed by atoms with Gasteiger partial charge in [-0.25, -0.2) is 4.39 Å². The molecule has 0 bridgehead atoms. The van der Waals surface area contributed by atoms with Crippen molar-refractivity contribution in [2.24, 2.45) is 5.92 Å². The van der Waals surface area contributed by atoms with E-state index in [9.17, 15) is 13.2 Å². The van der Waals surface area contributed by atoms with Gasteiger partial charge in [0.2, 0.25) is 0 Å². The zero-order valence-corrected chi connectivity index (χ0v) is 18.9. The fraction of sp³-hybridized carbons (Fsp3) is 0.429. The largest absolute Gasteiger partial charge is 0.484 e. The Bertz CT molecular complexity index is 1060. The summed E-state index contributed by atoms with van der Waals surface area (Å²) in [5.41, 5.74) is 2.89. The van der Waals surface area contributed by atoms with Crippen molar-refractivity contribution < 1.29 is 22.3 Å². The Morgan fingerprint density at radius 1 is 0.879 bits per heavy atom. The average molecular weight is 459 g/mol. The van der Waals surface area contributed by atoms with Gasteiger partial charge in [-0.05, 0) is 84.6 Å². The Morgan fingerprint density at radius 2 is 1.61 bits per heavy atom. The van der Waals surface area contributed by atoms with E-state index in [0.717, 1.165) is 16.9 Å². The van der Waals surface area contributed by atoms with Crippen molar-refractivity contribution in [3.63, 3.8) is 0 Å². The average Bonchev–Trinajstić information content (AvgIpc) is 2.82. The zero-order valence-electron chi connectivity index (χ0n) is 18.9. The van der Waals surface area contributed by atoms with Gasteiger partial charge in [0.05, 0.1) is 0 Å². The molecule has 4 rings (SSSR count). The molecule has 0 heterocycles. The van der Waals surface area contributed by atoms with Gasteiger partial charge in [0.1, 0.15) is 11.6 Å². The molecule has 0 amide bonds. The first kappa shape index (κ1) is 23.6. The van der Waals surface area contributed by atoms with Crippen molar-refractivity contribution in [3.05, 3.63) is 77.1 Å². The fourth-order valence-electron chi connectivity index (χ4n) is 4.90. The van der Waals surface area contributed by atoms with Gasteiger partial charge in [-0.2, -0.15) is 13.2 Å². The maximum absolute atomic E-state index is 15.2. The van der Waals surface area contributed by atoms with Crippen LogP contribution in [-0.2, 0) is 12.8 Å². The van der Waals surface area contributed by atoms with Crippen LogP contribution < -0.4 is 4.74 Å². The van der Waals surface area contributed by atoms with Crippen LogP contribution in [0.3, 0.4) is 0 Å². The summed E-state index contributed by atoms with van der Waals surface area (Å²) in [7, 11) is 0. The molecule has 3 aromatic rings. The molecule has 1 aliphatic rings. The summed E-state index contributed by atoms with van der Waals surface area (Å²) >= 11 is 0. The Kier molecular flexibility index (Phi) is 7.26. The summed E-state index contributed by atoms with van der Waals surface area (Å²) in [5, 5.41) is 1.59. The molecule has 0 unspecified atom stereocenters. The van der Waals surface area contributed by atoms with Crippen LogP contribution in [0.25, 0.3) is 10.8 Å². The zero-order chi connectivity index (χ0) is 23.4. The number of aryl methyl sites for hydroxylation is 2. The SMILES string of the molecule is CCC1CCC(c2ccc3c(F)c(CCc4ccc(OCC(F)(F)F)cc4)ccc3c2)CC1. The van der Waals surface area contributed by atoms with E-state index < -0.39 is 12.8 Å². The van der Waals surface area contributed by atoms with E-state index in [1.54, 1.807) is 12.1 Å². The minimum atomic E-state index is -4.36. The summed E-state index contributed by atoms with van der Waals surface area (Å²) in [6.07, 6.45) is 3.00. The van der Waals surface area contributed by atoms with Crippen LogP contribution in [0.15, 0.2) is 54.6 Å². The van der Waals surface area contributed by atoms with Crippen LogP contribution in [0, 0.1) is 11.7 Å². The standard InChI is InChI=1S/C28H30F4O/c1-2-19-3-8-21(9-4-19)23-13-16-26-24(17-23)12-11-22(27(26)29)10-5-20-6-14-25(15-7-20)33-18-28(30,31)32/h6-7,11-17,19,21H,2-5,8-10,18H2,1H3. The van der Waals surface area contributed by atoms with E-state index >= 15 is 4.39 Å². The Balaban J connectivity index is 1.40. The maximum Gasteiger partial charge on any atom is 0.422 e. The number of ether oxygens (including phenoxy) is 1. The monoisotopic (exact) mass is 458 g/mol. The minimum absolute atomic E-state index is 0.173. The van der Waals surface area contributed by atoms with Crippen molar-refractivity contribution in [1.29, 1.82) is 0 Å². The van der Waals surface area contributed by atoms with Crippen molar-refractivity contribution in [3.8, 4) is 5.75 Å². The van der Waals surface area contributed by atoms with E-state index in [2.05, 4.69) is 19.1 Å². The second-order valence-electron chi connectivity index (χ2n) is 9.19. The lowest BCUT2D eigenvalue weighted by Gasteiger charge is -2.28. The van der Waals surface area contributed by atoms with Gasteiger partial charge in [0, 0.05) is 5.39 Å². The van der Waals surface area contributed by atoms with E-state index in [-0.39, 0.29) is 11.6 Å². The lowest BCUT2D eigenvalue weighted by atomic mass is 9.77. The summed E-state index contributed by atoms with van der Waals surface area (Å²) in [5.74, 6) is 1.42. The third-order valence-corrected chi connectivity index (χ3v) is 6.96. The molecule has 3 aromatic carbocycles. The van der Waals surface area contributed by atoms with Gasteiger partial charge in [-0.1, -0.05) is 55.8 Å². The third-order valence-electron chi connectivity index (χ3n) is 6.96. The highest BCUT2D eigenvalue weighted by molar-refractivity contribution is 5.84. The second-order valence-corrected chi connectivity index (χ2v) is 9.19. The summed E-state index contributed by atoms with van der Waals surface area (Å²) in [4.78, 5) is 0. The molecule has 0 aliphatic heterocycles. The van der Waals surface area contributed by atoms with Crippen LogP contribution >= 0.6 is 0 Å². The van der Waals surface area contributed by atoms with Gasteiger partial charge in [-0.3, -0.25) is 0 Å². The molecule has 0 spiro atoms. The van der Waals surface area contributed by atoms with E-state index in [4.69, 9.17) is 4.74 Å². The van der Waals surface area contributed by atoms with Crippen molar-refractivity contribution >= 4 is 10.8 Å². The molecular weight excluding hydrogens is 428 g/mol. The van der Waals surface area contributed by atoms with Crippen molar-refractivity contribution in [2.75, 3.05) is 6.61 Å². The molecule has 0 radical (unpaired) electrons. The predicted molar refractivity (Wildman–Crippen MR) is 124 cm³/mol. The smallest absolute Gasteiger partial charge is 0.422 e. The Hall–Kier alpha value is -2.56.